The largest absolute Gasteiger partial charge is 0.207 e. The molecule has 0 nitrogen and oxygen atoms in total. The van der Waals surface area contributed by atoms with Crippen LogP contribution < -0.4 is 0 Å². The average Bonchev–Trinajstić information content (AvgIpc) is 2.07. The molecule has 0 saturated heterocycles. The highest BCUT2D eigenvalue weighted by Crippen LogP contribution is 2.34. The van der Waals surface area contributed by atoms with Crippen LogP contribution in [0, 0.1) is 17.6 Å². The Bertz CT molecular complexity index is 347. The van der Waals surface area contributed by atoms with Gasteiger partial charge in [-0.2, -0.15) is 0 Å². The molecule has 82 valence electrons. The first-order chi connectivity index (χ1) is 7.16. The molecule has 1 fully saturated rings. The first-order valence-corrected chi connectivity index (χ1v) is 5.68. The molecule has 1 aromatic carbocycles. The number of hydrogen-bond donors (Lipinski definition) is 0. The SMILES string of the molecule is Fc1ccc(CC(Cl)C2CCC2)c(F)c1. The minimum atomic E-state index is -0.536. The van der Waals surface area contributed by atoms with Crippen molar-refractivity contribution in [3.8, 4) is 0 Å². The molecule has 0 aromatic heterocycles. The van der Waals surface area contributed by atoms with Gasteiger partial charge in [-0.3, -0.25) is 0 Å². The summed E-state index contributed by atoms with van der Waals surface area (Å²) >= 11 is 6.17. The van der Waals surface area contributed by atoms with Gasteiger partial charge in [0.25, 0.3) is 0 Å². The Labute approximate surface area is 93.2 Å². The fourth-order valence-corrected chi connectivity index (χ4v) is 2.28. The van der Waals surface area contributed by atoms with E-state index >= 15 is 0 Å². The van der Waals surface area contributed by atoms with Gasteiger partial charge in [-0.1, -0.05) is 12.5 Å². The van der Waals surface area contributed by atoms with Crippen LogP contribution in [0.1, 0.15) is 24.8 Å². The van der Waals surface area contributed by atoms with Crippen LogP contribution in [0.2, 0.25) is 0 Å². The van der Waals surface area contributed by atoms with E-state index in [9.17, 15) is 8.78 Å². The van der Waals surface area contributed by atoms with Crippen LogP contribution in [0.3, 0.4) is 0 Å². The van der Waals surface area contributed by atoms with Crippen LogP contribution in [0.5, 0.6) is 0 Å². The maximum absolute atomic E-state index is 13.3. The third-order valence-electron chi connectivity index (χ3n) is 3.09. The number of hydrogen-bond acceptors (Lipinski definition) is 0. The van der Waals surface area contributed by atoms with Crippen LogP contribution in [0.15, 0.2) is 18.2 Å². The molecule has 0 amide bonds. The summed E-state index contributed by atoms with van der Waals surface area (Å²) < 4.78 is 25.9. The lowest BCUT2D eigenvalue weighted by molar-refractivity contribution is 0.301. The molecule has 1 saturated carbocycles. The predicted molar refractivity (Wildman–Crippen MR) is 57.0 cm³/mol. The lowest BCUT2D eigenvalue weighted by Gasteiger charge is -2.29. The highest BCUT2D eigenvalue weighted by Gasteiger charge is 2.26. The first kappa shape index (κ1) is 10.9. The maximum Gasteiger partial charge on any atom is 0.129 e. The summed E-state index contributed by atoms with van der Waals surface area (Å²) in [5, 5.41) is -0.0151. The van der Waals surface area contributed by atoms with Crippen molar-refractivity contribution >= 4 is 11.6 Å². The fourth-order valence-electron chi connectivity index (χ4n) is 1.87. The molecule has 0 N–H and O–H groups in total. The van der Waals surface area contributed by atoms with Crippen LogP contribution in [-0.4, -0.2) is 5.38 Å². The standard InChI is InChI=1S/C12H13ClF2/c13-11(8-2-1-3-8)6-9-4-5-10(14)7-12(9)15/h4-5,7-8,11H,1-3,6H2. The Kier molecular flexibility index (Phi) is 3.25. The number of halogens is 3. The van der Waals surface area contributed by atoms with Crippen molar-refractivity contribution in [2.75, 3.05) is 0 Å². The second-order valence-corrected chi connectivity index (χ2v) is 4.71. The van der Waals surface area contributed by atoms with E-state index in [0.29, 0.717) is 17.9 Å². The normalized spacial score (nSPS) is 18.6. The molecule has 2 rings (SSSR count). The maximum atomic E-state index is 13.3. The van der Waals surface area contributed by atoms with Crippen molar-refractivity contribution in [1.29, 1.82) is 0 Å². The number of alkyl halides is 1. The van der Waals surface area contributed by atoms with Crippen molar-refractivity contribution in [2.24, 2.45) is 5.92 Å². The minimum absolute atomic E-state index is 0.0151. The second-order valence-electron chi connectivity index (χ2n) is 4.15. The molecule has 0 spiro atoms. The van der Waals surface area contributed by atoms with Crippen molar-refractivity contribution in [3.63, 3.8) is 0 Å². The van der Waals surface area contributed by atoms with Gasteiger partial charge in [-0.25, -0.2) is 8.78 Å². The van der Waals surface area contributed by atoms with Gasteiger partial charge in [-0.05, 0) is 36.8 Å². The van der Waals surface area contributed by atoms with Crippen molar-refractivity contribution < 1.29 is 8.78 Å². The smallest absolute Gasteiger partial charge is 0.129 e. The molecule has 0 bridgehead atoms. The van der Waals surface area contributed by atoms with E-state index in [1.54, 1.807) is 0 Å². The zero-order chi connectivity index (χ0) is 10.8. The fraction of sp³-hybridized carbons (Fsp3) is 0.500. The first-order valence-electron chi connectivity index (χ1n) is 5.25. The molecule has 0 aliphatic heterocycles. The zero-order valence-electron chi connectivity index (χ0n) is 8.35. The van der Waals surface area contributed by atoms with E-state index < -0.39 is 11.6 Å². The van der Waals surface area contributed by atoms with E-state index in [0.717, 1.165) is 18.9 Å². The van der Waals surface area contributed by atoms with Crippen LogP contribution in [0.4, 0.5) is 8.78 Å². The number of rotatable bonds is 3. The van der Waals surface area contributed by atoms with Gasteiger partial charge in [0.2, 0.25) is 0 Å². The van der Waals surface area contributed by atoms with Gasteiger partial charge in [0.1, 0.15) is 11.6 Å². The van der Waals surface area contributed by atoms with Crippen molar-refractivity contribution in [1.82, 2.24) is 0 Å². The second kappa shape index (κ2) is 4.48. The Hall–Kier alpha value is -0.630. The summed E-state index contributed by atoms with van der Waals surface area (Å²) in [6.07, 6.45) is 3.99. The summed E-state index contributed by atoms with van der Waals surface area (Å²) in [6.45, 7) is 0. The quantitative estimate of drug-likeness (QED) is 0.691. The third-order valence-corrected chi connectivity index (χ3v) is 3.60. The molecular weight excluding hydrogens is 218 g/mol. The van der Waals surface area contributed by atoms with Gasteiger partial charge < -0.3 is 0 Å². The molecule has 1 unspecified atom stereocenters. The van der Waals surface area contributed by atoms with Crippen molar-refractivity contribution in [3.05, 3.63) is 35.4 Å². The van der Waals surface area contributed by atoms with Crippen LogP contribution >= 0.6 is 11.6 Å². The molecule has 15 heavy (non-hydrogen) atoms. The van der Waals surface area contributed by atoms with E-state index in [4.69, 9.17) is 11.6 Å². The van der Waals surface area contributed by atoms with E-state index in [-0.39, 0.29) is 5.38 Å². The summed E-state index contributed by atoms with van der Waals surface area (Å²) in [7, 11) is 0. The number of benzene rings is 1. The van der Waals surface area contributed by atoms with E-state index in [1.165, 1.54) is 18.6 Å². The van der Waals surface area contributed by atoms with Gasteiger partial charge >= 0.3 is 0 Å². The van der Waals surface area contributed by atoms with Crippen LogP contribution in [-0.2, 0) is 6.42 Å². The molecule has 1 aliphatic rings. The topological polar surface area (TPSA) is 0 Å². The van der Waals surface area contributed by atoms with E-state index in [1.807, 2.05) is 0 Å². The Morgan fingerprint density at radius 3 is 2.60 bits per heavy atom. The highest BCUT2D eigenvalue weighted by molar-refractivity contribution is 6.21. The van der Waals surface area contributed by atoms with Gasteiger partial charge in [0.15, 0.2) is 0 Å². The molecule has 0 heterocycles. The monoisotopic (exact) mass is 230 g/mol. The summed E-state index contributed by atoms with van der Waals surface area (Å²) in [4.78, 5) is 0. The molecule has 3 heteroatoms. The van der Waals surface area contributed by atoms with Gasteiger partial charge in [-0.15, -0.1) is 11.6 Å². The zero-order valence-corrected chi connectivity index (χ0v) is 9.11. The lowest BCUT2D eigenvalue weighted by atomic mass is 9.81. The third kappa shape index (κ3) is 2.49. The Balaban J connectivity index is 2.03. The van der Waals surface area contributed by atoms with Gasteiger partial charge in [0, 0.05) is 11.4 Å². The summed E-state index contributed by atoms with van der Waals surface area (Å²) in [5.74, 6) is -0.512. The highest BCUT2D eigenvalue weighted by atomic mass is 35.5. The minimum Gasteiger partial charge on any atom is -0.207 e. The molecule has 1 atom stereocenters. The Morgan fingerprint density at radius 1 is 1.33 bits per heavy atom. The Morgan fingerprint density at radius 2 is 2.07 bits per heavy atom. The summed E-state index contributed by atoms with van der Waals surface area (Å²) in [6, 6.07) is 3.68. The van der Waals surface area contributed by atoms with Crippen LogP contribution in [0.25, 0.3) is 0 Å². The lowest BCUT2D eigenvalue weighted by Crippen LogP contribution is -2.24. The summed E-state index contributed by atoms with van der Waals surface area (Å²) in [5.41, 5.74) is 0.517. The molecule has 0 radical (unpaired) electrons. The molecule has 1 aromatic rings. The predicted octanol–water partition coefficient (Wildman–Crippen LogP) is 3.91. The van der Waals surface area contributed by atoms with Gasteiger partial charge in [0.05, 0.1) is 0 Å². The van der Waals surface area contributed by atoms with Crippen molar-refractivity contribution in [2.45, 2.75) is 31.1 Å². The molecule has 1 aliphatic carbocycles. The molecular formula is C12H13ClF2. The van der Waals surface area contributed by atoms with E-state index in [2.05, 4.69) is 0 Å². The average molecular weight is 231 g/mol.